The Labute approximate surface area is 118 Å². The highest BCUT2D eigenvalue weighted by atomic mass is 16.7. The maximum Gasteiger partial charge on any atom is 0.218 e. The Kier molecular flexibility index (Phi) is 2.95. The van der Waals surface area contributed by atoms with Gasteiger partial charge in [0.05, 0.1) is 0 Å². The van der Waals surface area contributed by atoms with Crippen molar-refractivity contribution in [2.45, 2.75) is 19.6 Å². The quantitative estimate of drug-likeness (QED) is 0.851. The second-order valence-corrected chi connectivity index (χ2v) is 5.27. The van der Waals surface area contributed by atoms with Crippen LogP contribution in [0.4, 0.5) is 0 Å². The third-order valence-corrected chi connectivity index (χ3v) is 3.41. The van der Waals surface area contributed by atoms with Crippen molar-refractivity contribution in [3.8, 4) is 11.1 Å². The zero-order valence-corrected chi connectivity index (χ0v) is 11.6. The van der Waals surface area contributed by atoms with Gasteiger partial charge in [-0.1, -0.05) is 59.8 Å². The average molecular weight is 267 g/mol. The van der Waals surface area contributed by atoms with Crippen molar-refractivity contribution in [2.75, 3.05) is 0 Å². The second-order valence-electron chi connectivity index (χ2n) is 5.27. The molecule has 0 saturated heterocycles. The Morgan fingerprint density at radius 2 is 1.45 bits per heavy atom. The summed E-state index contributed by atoms with van der Waals surface area (Å²) in [6.07, 6.45) is 0. The summed E-state index contributed by atoms with van der Waals surface area (Å²) in [4.78, 5) is 5.32. The van der Waals surface area contributed by atoms with E-state index in [0.29, 0.717) is 5.84 Å². The van der Waals surface area contributed by atoms with E-state index in [1.165, 1.54) is 5.56 Å². The summed E-state index contributed by atoms with van der Waals surface area (Å²) in [5.74, 6) is 6.66. The number of nitrogens with zero attached hydrogens (tertiary/aromatic N) is 2. The van der Waals surface area contributed by atoms with Gasteiger partial charge in [-0.15, -0.1) is 0 Å². The summed E-state index contributed by atoms with van der Waals surface area (Å²) in [7, 11) is 0. The van der Waals surface area contributed by atoms with Gasteiger partial charge in [0.2, 0.25) is 5.72 Å². The molecule has 0 aliphatic carbocycles. The lowest BCUT2D eigenvalue weighted by Crippen LogP contribution is -2.48. The van der Waals surface area contributed by atoms with Crippen LogP contribution in [0.3, 0.4) is 0 Å². The lowest BCUT2D eigenvalue weighted by molar-refractivity contribution is -0.0691. The van der Waals surface area contributed by atoms with Gasteiger partial charge < -0.3 is 4.84 Å². The van der Waals surface area contributed by atoms with Gasteiger partial charge in [-0.25, -0.2) is 10.9 Å². The van der Waals surface area contributed by atoms with Crippen LogP contribution >= 0.6 is 0 Å². The van der Waals surface area contributed by atoms with E-state index in [2.05, 4.69) is 29.4 Å². The summed E-state index contributed by atoms with van der Waals surface area (Å²) in [6, 6.07) is 18.4. The number of rotatable bonds is 2. The molecule has 0 unspecified atom stereocenters. The monoisotopic (exact) mass is 267 g/mol. The van der Waals surface area contributed by atoms with Crippen molar-refractivity contribution in [3.63, 3.8) is 0 Å². The standard InChI is InChI=1S/C16H17N3O/c1-16(2)19(17)15(18-20-16)14-10-8-13(9-11-14)12-6-4-3-5-7-12/h3-11H,17H2,1-2H3. The van der Waals surface area contributed by atoms with Crippen LogP contribution in [0, 0.1) is 0 Å². The Morgan fingerprint density at radius 1 is 0.900 bits per heavy atom. The van der Waals surface area contributed by atoms with E-state index < -0.39 is 5.72 Å². The lowest BCUT2D eigenvalue weighted by Gasteiger charge is -2.26. The van der Waals surface area contributed by atoms with Crippen LogP contribution in [-0.4, -0.2) is 16.6 Å². The highest BCUT2D eigenvalue weighted by molar-refractivity contribution is 5.99. The molecule has 20 heavy (non-hydrogen) atoms. The first-order valence-electron chi connectivity index (χ1n) is 6.55. The molecular weight excluding hydrogens is 250 g/mol. The zero-order valence-electron chi connectivity index (χ0n) is 11.6. The van der Waals surface area contributed by atoms with Crippen LogP contribution in [0.5, 0.6) is 0 Å². The molecule has 0 amide bonds. The molecular formula is C16H17N3O. The van der Waals surface area contributed by atoms with Gasteiger partial charge >= 0.3 is 0 Å². The third-order valence-electron chi connectivity index (χ3n) is 3.41. The molecule has 3 rings (SSSR count). The van der Waals surface area contributed by atoms with Gasteiger partial charge in [0.1, 0.15) is 0 Å². The number of oxime groups is 1. The highest BCUT2D eigenvalue weighted by Crippen LogP contribution is 2.25. The van der Waals surface area contributed by atoms with Crippen LogP contribution in [0.25, 0.3) is 11.1 Å². The molecule has 0 atom stereocenters. The molecule has 2 aromatic rings. The number of hydrazine groups is 1. The van der Waals surface area contributed by atoms with Gasteiger partial charge in [0.25, 0.3) is 0 Å². The molecule has 1 aliphatic heterocycles. The first kappa shape index (κ1) is 12.7. The Morgan fingerprint density at radius 3 is 2.00 bits per heavy atom. The molecule has 0 aromatic heterocycles. The molecule has 4 nitrogen and oxygen atoms in total. The number of hydrogen-bond acceptors (Lipinski definition) is 4. The molecule has 0 spiro atoms. The Balaban J connectivity index is 1.88. The fourth-order valence-corrected chi connectivity index (χ4v) is 2.13. The number of nitrogens with two attached hydrogens (primary N) is 1. The number of amidine groups is 1. The molecule has 0 bridgehead atoms. The van der Waals surface area contributed by atoms with Crippen molar-refractivity contribution >= 4 is 5.84 Å². The smallest absolute Gasteiger partial charge is 0.218 e. The fourth-order valence-electron chi connectivity index (χ4n) is 2.13. The molecule has 2 aromatic carbocycles. The SMILES string of the molecule is CC1(C)ON=C(c2ccc(-c3ccccc3)cc2)N1N. The number of benzene rings is 2. The van der Waals surface area contributed by atoms with Crippen LogP contribution in [-0.2, 0) is 4.84 Å². The normalized spacial score (nSPS) is 16.8. The van der Waals surface area contributed by atoms with Gasteiger partial charge in [-0.05, 0) is 25.0 Å². The van der Waals surface area contributed by atoms with Gasteiger partial charge in [0, 0.05) is 5.56 Å². The minimum absolute atomic E-state index is 0.604. The van der Waals surface area contributed by atoms with E-state index in [1.54, 1.807) is 5.01 Å². The summed E-state index contributed by atoms with van der Waals surface area (Å²) in [5, 5.41) is 5.61. The highest BCUT2D eigenvalue weighted by Gasteiger charge is 2.36. The first-order valence-corrected chi connectivity index (χ1v) is 6.55. The predicted molar refractivity (Wildman–Crippen MR) is 79.6 cm³/mol. The van der Waals surface area contributed by atoms with Crippen LogP contribution in [0.2, 0.25) is 0 Å². The van der Waals surface area contributed by atoms with E-state index in [1.807, 2.05) is 44.2 Å². The summed E-state index contributed by atoms with van der Waals surface area (Å²) in [5.41, 5.74) is 2.69. The minimum atomic E-state index is -0.604. The van der Waals surface area contributed by atoms with Crippen molar-refractivity contribution in [1.29, 1.82) is 0 Å². The summed E-state index contributed by atoms with van der Waals surface area (Å²) in [6.45, 7) is 3.75. The lowest BCUT2D eigenvalue weighted by atomic mass is 10.0. The average Bonchev–Trinajstić information content (AvgIpc) is 2.75. The summed E-state index contributed by atoms with van der Waals surface area (Å²) < 4.78 is 0. The summed E-state index contributed by atoms with van der Waals surface area (Å²) >= 11 is 0. The molecule has 1 heterocycles. The molecule has 102 valence electrons. The third kappa shape index (κ3) is 2.14. The molecule has 0 saturated carbocycles. The van der Waals surface area contributed by atoms with Crippen LogP contribution < -0.4 is 5.84 Å². The predicted octanol–water partition coefficient (Wildman–Crippen LogP) is 2.96. The molecule has 0 fully saturated rings. The van der Waals surface area contributed by atoms with E-state index in [0.717, 1.165) is 11.1 Å². The minimum Gasteiger partial charge on any atom is -0.364 e. The van der Waals surface area contributed by atoms with E-state index >= 15 is 0 Å². The number of hydrogen-bond donors (Lipinski definition) is 1. The van der Waals surface area contributed by atoms with Crippen molar-refractivity contribution < 1.29 is 4.84 Å². The zero-order chi connectivity index (χ0) is 14.2. The Hall–Kier alpha value is -2.33. The molecule has 2 N–H and O–H groups in total. The van der Waals surface area contributed by atoms with Crippen molar-refractivity contribution in [1.82, 2.24) is 5.01 Å². The van der Waals surface area contributed by atoms with E-state index in [-0.39, 0.29) is 0 Å². The van der Waals surface area contributed by atoms with E-state index in [4.69, 9.17) is 10.7 Å². The van der Waals surface area contributed by atoms with Gasteiger partial charge in [0.15, 0.2) is 5.84 Å². The molecule has 0 radical (unpaired) electrons. The Bertz CT molecular complexity index is 633. The van der Waals surface area contributed by atoms with Crippen molar-refractivity contribution in [3.05, 3.63) is 60.2 Å². The van der Waals surface area contributed by atoms with Crippen molar-refractivity contribution in [2.24, 2.45) is 11.0 Å². The second kappa shape index (κ2) is 4.65. The fraction of sp³-hybridized carbons (Fsp3) is 0.188. The molecule has 1 aliphatic rings. The largest absolute Gasteiger partial charge is 0.364 e. The van der Waals surface area contributed by atoms with Gasteiger partial charge in [-0.2, -0.15) is 0 Å². The maximum atomic E-state index is 6.02. The van der Waals surface area contributed by atoms with Gasteiger partial charge in [-0.3, -0.25) is 0 Å². The van der Waals surface area contributed by atoms with Crippen LogP contribution in [0.15, 0.2) is 59.8 Å². The van der Waals surface area contributed by atoms with E-state index in [9.17, 15) is 0 Å². The van der Waals surface area contributed by atoms with Crippen LogP contribution in [0.1, 0.15) is 19.4 Å². The topological polar surface area (TPSA) is 50.8 Å². The molecule has 4 heteroatoms. The first-order chi connectivity index (χ1) is 9.58. The maximum absolute atomic E-state index is 6.02.